The summed E-state index contributed by atoms with van der Waals surface area (Å²) in [6, 6.07) is 12.5. The third-order valence-electron chi connectivity index (χ3n) is 3.39. The van der Waals surface area contributed by atoms with Gasteiger partial charge in [0.2, 0.25) is 0 Å². The number of anilines is 1. The van der Waals surface area contributed by atoms with E-state index in [-0.39, 0.29) is 23.5 Å². The van der Waals surface area contributed by atoms with Gasteiger partial charge in [-0.15, -0.1) is 11.8 Å². The van der Waals surface area contributed by atoms with Gasteiger partial charge in [-0.1, -0.05) is 11.6 Å². The molecule has 1 N–H and O–H groups in total. The Kier molecular flexibility index (Phi) is 4.59. The molecule has 2 aromatic carbocycles. The van der Waals surface area contributed by atoms with E-state index in [1.165, 1.54) is 11.8 Å². The number of benzene rings is 2. The summed E-state index contributed by atoms with van der Waals surface area (Å²) in [6.45, 7) is 1.86. The van der Waals surface area contributed by atoms with Crippen LogP contribution in [0.5, 0.6) is 5.75 Å². The molecule has 0 radical (unpaired) electrons. The van der Waals surface area contributed by atoms with E-state index in [0.717, 1.165) is 4.90 Å². The Morgan fingerprint density at radius 2 is 2.00 bits per heavy atom. The number of ether oxygens (including phenoxy) is 1. The number of halogens is 1. The van der Waals surface area contributed by atoms with Crippen LogP contribution in [0, 0.1) is 0 Å². The van der Waals surface area contributed by atoms with Crippen molar-refractivity contribution in [1.29, 1.82) is 0 Å². The summed E-state index contributed by atoms with van der Waals surface area (Å²) >= 11 is 7.33. The maximum atomic E-state index is 12.6. The quantitative estimate of drug-likeness (QED) is 0.670. The summed E-state index contributed by atoms with van der Waals surface area (Å²) in [7, 11) is 0. The Labute approximate surface area is 143 Å². The first-order valence-electron chi connectivity index (χ1n) is 7.06. The molecule has 1 aliphatic rings. The first-order chi connectivity index (χ1) is 11.0. The van der Waals surface area contributed by atoms with Crippen LogP contribution in [0.15, 0.2) is 47.4 Å². The number of nitrogens with one attached hydrogen (secondary N) is 1. The van der Waals surface area contributed by atoms with Crippen LogP contribution < -0.4 is 10.1 Å². The summed E-state index contributed by atoms with van der Waals surface area (Å²) in [5, 5.41) is 3.12. The van der Waals surface area contributed by atoms with Gasteiger partial charge in [-0.05, 0) is 49.4 Å². The molecule has 23 heavy (non-hydrogen) atoms. The van der Waals surface area contributed by atoms with Gasteiger partial charge in [0.25, 0.3) is 5.91 Å². The second-order valence-electron chi connectivity index (χ2n) is 5.13. The average molecular weight is 348 g/mol. The minimum atomic E-state index is -0.255. The molecular formula is C17H14ClNO3S. The van der Waals surface area contributed by atoms with E-state index in [1.54, 1.807) is 30.3 Å². The highest BCUT2D eigenvalue weighted by atomic mass is 35.5. The van der Waals surface area contributed by atoms with Crippen LogP contribution in [0.3, 0.4) is 0 Å². The lowest BCUT2D eigenvalue weighted by atomic mass is 10.1. The smallest absolute Gasteiger partial charge is 0.262 e. The van der Waals surface area contributed by atoms with Gasteiger partial charge in [0, 0.05) is 15.5 Å². The van der Waals surface area contributed by atoms with Gasteiger partial charge in [0.15, 0.2) is 12.4 Å². The molecule has 2 aromatic rings. The van der Waals surface area contributed by atoms with Crippen molar-refractivity contribution in [3.05, 3.63) is 53.1 Å². The molecule has 1 amide bonds. The number of carbonyl (C=O) groups excluding carboxylic acids is 2. The number of hydrogen-bond acceptors (Lipinski definition) is 4. The third kappa shape index (κ3) is 3.68. The van der Waals surface area contributed by atoms with Crippen molar-refractivity contribution in [2.75, 3.05) is 11.9 Å². The minimum absolute atomic E-state index is 0.00309. The van der Waals surface area contributed by atoms with Crippen LogP contribution in [0.2, 0.25) is 5.02 Å². The van der Waals surface area contributed by atoms with Crippen LogP contribution >= 0.6 is 23.4 Å². The number of Topliss-reactive ketones (excluding diaryl/α,β-unsaturated/α-hetero) is 1. The summed E-state index contributed by atoms with van der Waals surface area (Å²) in [6.07, 6.45) is 0. The van der Waals surface area contributed by atoms with Crippen molar-refractivity contribution in [3.8, 4) is 5.75 Å². The van der Waals surface area contributed by atoms with Crippen molar-refractivity contribution in [1.82, 2.24) is 0 Å². The second kappa shape index (κ2) is 6.64. The standard InChI is InChI=1S/C17H14ClNO3S/c1-10(23-13-5-3-12(18)4-6-13)17(21)11-2-7-15-14(8-11)19-16(20)9-22-15/h2-8,10H,9H2,1H3,(H,19,20). The van der Waals surface area contributed by atoms with E-state index in [0.29, 0.717) is 22.0 Å². The normalized spacial score (nSPS) is 14.4. The van der Waals surface area contributed by atoms with Gasteiger partial charge in [-0.2, -0.15) is 0 Å². The highest BCUT2D eigenvalue weighted by molar-refractivity contribution is 8.00. The topological polar surface area (TPSA) is 55.4 Å². The first-order valence-corrected chi connectivity index (χ1v) is 8.32. The lowest BCUT2D eigenvalue weighted by Gasteiger charge is -2.19. The molecule has 0 spiro atoms. The molecule has 0 saturated heterocycles. The minimum Gasteiger partial charge on any atom is -0.482 e. The van der Waals surface area contributed by atoms with Gasteiger partial charge < -0.3 is 10.1 Å². The third-order valence-corrected chi connectivity index (χ3v) is 4.76. The van der Waals surface area contributed by atoms with Gasteiger partial charge in [0.05, 0.1) is 10.9 Å². The van der Waals surface area contributed by atoms with E-state index >= 15 is 0 Å². The molecule has 4 nitrogen and oxygen atoms in total. The molecule has 0 saturated carbocycles. The van der Waals surface area contributed by atoms with Gasteiger partial charge in [0.1, 0.15) is 5.75 Å². The fraction of sp³-hybridized carbons (Fsp3) is 0.176. The molecule has 0 bridgehead atoms. The molecule has 0 aromatic heterocycles. The first kappa shape index (κ1) is 15.9. The monoisotopic (exact) mass is 347 g/mol. The van der Waals surface area contributed by atoms with Crippen LogP contribution in [0.25, 0.3) is 0 Å². The molecule has 3 rings (SSSR count). The predicted octanol–water partition coefficient (Wildman–Crippen LogP) is 4.03. The number of rotatable bonds is 4. The van der Waals surface area contributed by atoms with E-state index in [4.69, 9.17) is 16.3 Å². The van der Waals surface area contributed by atoms with E-state index in [1.807, 2.05) is 19.1 Å². The zero-order valence-corrected chi connectivity index (χ0v) is 13.9. The Hall–Kier alpha value is -1.98. The Balaban J connectivity index is 1.75. The number of hydrogen-bond donors (Lipinski definition) is 1. The Morgan fingerprint density at radius 1 is 1.26 bits per heavy atom. The van der Waals surface area contributed by atoms with Crippen LogP contribution in [-0.4, -0.2) is 23.5 Å². The number of thioether (sulfide) groups is 1. The highest BCUT2D eigenvalue weighted by Gasteiger charge is 2.21. The molecule has 6 heteroatoms. The van der Waals surface area contributed by atoms with Crippen LogP contribution in [-0.2, 0) is 4.79 Å². The predicted molar refractivity (Wildman–Crippen MR) is 91.7 cm³/mol. The molecule has 0 fully saturated rings. The van der Waals surface area contributed by atoms with Gasteiger partial charge >= 0.3 is 0 Å². The molecule has 0 aliphatic carbocycles. The average Bonchev–Trinajstić information content (AvgIpc) is 2.55. The summed E-state index contributed by atoms with van der Waals surface area (Å²) in [4.78, 5) is 24.9. The molecule has 1 aliphatic heterocycles. The maximum Gasteiger partial charge on any atom is 0.262 e. The Morgan fingerprint density at radius 3 is 2.74 bits per heavy atom. The fourth-order valence-corrected chi connectivity index (χ4v) is 3.31. The summed E-state index contributed by atoms with van der Waals surface area (Å²) in [5.74, 6) is 0.359. The van der Waals surface area contributed by atoms with Crippen LogP contribution in [0.1, 0.15) is 17.3 Å². The fourth-order valence-electron chi connectivity index (χ4n) is 2.24. The largest absolute Gasteiger partial charge is 0.482 e. The van der Waals surface area contributed by atoms with Crippen molar-refractivity contribution >= 4 is 40.7 Å². The lowest BCUT2D eigenvalue weighted by Crippen LogP contribution is -2.25. The zero-order valence-electron chi connectivity index (χ0n) is 12.3. The summed E-state index contributed by atoms with van der Waals surface area (Å²) < 4.78 is 5.30. The SMILES string of the molecule is CC(Sc1ccc(Cl)cc1)C(=O)c1ccc2c(c1)NC(=O)CO2. The highest BCUT2D eigenvalue weighted by Crippen LogP contribution is 2.31. The Bertz CT molecular complexity index is 761. The maximum absolute atomic E-state index is 12.6. The number of amides is 1. The van der Waals surface area contributed by atoms with Crippen molar-refractivity contribution in [2.24, 2.45) is 0 Å². The molecular weight excluding hydrogens is 334 g/mol. The number of ketones is 1. The van der Waals surface area contributed by atoms with Gasteiger partial charge in [-0.25, -0.2) is 0 Å². The number of fused-ring (bicyclic) bond motifs is 1. The summed E-state index contributed by atoms with van der Waals surface area (Å²) in [5.41, 5.74) is 1.08. The second-order valence-corrected chi connectivity index (χ2v) is 6.98. The van der Waals surface area contributed by atoms with Crippen molar-refractivity contribution < 1.29 is 14.3 Å². The van der Waals surface area contributed by atoms with Gasteiger partial charge in [-0.3, -0.25) is 9.59 Å². The number of carbonyl (C=O) groups is 2. The lowest BCUT2D eigenvalue weighted by molar-refractivity contribution is -0.118. The van der Waals surface area contributed by atoms with E-state index in [9.17, 15) is 9.59 Å². The van der Waals surface area contributed by atoms with Crippen molar-refractivity contribution in [2.45, 2.75) is 17.1 Å². The molecule has 1 atom stereocenters. The van der Waals surface area contributed by atoms with Crippen molar-refractivity contribution in [3.63, 3.8) is 0 Å². The van der Waals surface area contributed by atoms with E-state index in [2.05, 4.69) is 5.32 Å². The van der Waals surface area contributed by atoms with E-state index < -0.39 is 0 Å². The van der Waals surface area contributed by atoms with Crippen LogP contribution in [0.4, 0.5) is 5.69 Å². The molecule has 1 unspecified atom stereocenters. The molecule has 118 valence electrons. The zero-order chi connectivity index (χ0) is 16.4. The molecule has 1 heterocycles.